The van der Waals surface area contributed by atoms with E-state index in [1.54, 1.807) is 6.07 Å². The van der Waals surface area contributed by atoms with E-state index < -0.39 is 5.95 Å². The van der Waals surface area contributed by atoms with E-state index in [4.69, 9.17) is 5.73 Å². The minimum atomic E-state index is -0.446. The Balaban J connectivity index is 0.000000720. The van der Waals surface area contributed by atoms with Gasteiger partial charge < -0.3 is 5.73 Å². The van der Waals surface area contributed by atoms with Crippen molar-refractivity contribution in [1.82, 2.24) is 4.98 Å². The number of aromatic nitrogens is 1. The second-order valence-corrected chi connectivity index (χ2v) is 3.03. The molecule has 1 heterocycles. The fraction of sp³-hybridized carbons (Fsp3) is 0.375. The minimum Gasteiger partial charge on any atom is -0.321 e. The van der Waals surface area contributed by atoms with Gasteiger partial charge >= 0.3 is 0 Å². The van der Waals surface area contributed by atoms with Gasteiger partial charge in [-0.3, -0.25) is 0 Å². The van der Waals surface area contributed by atoms with E-state index in [2.05, 4.69) is 4.98 Å². The highest BCUT2D eigenvalue weighted by molar-refractivity contribution is 5.85. The molecule has 0 unspecified atom stereocenters. The largest absolute Gasteiger partial charge is 0.321 e. The van der Waals surface area contributed by atoms with Crippen molar-refractivity contribution in [3.05, 3.63) is 29.8 Å². The third kappa shape index (κ3) is 2.53. The van der Waals surface area contributed by atoms with Gasteiger partial charge in [0, 0.05) is 11.7 Å². The molecule has 0 radical (unpaired) electrons. The summed E-state index contributed by atoms with van der Waals surface area (Å²) in [4.78, 5) is 3.54. The highest BCUT2D eigenvalue weighted by Crippen LogP contribution is 2.42. The van der Waals surface area contributed by atoms with Crippen molar-refractivity contribution in [2.24, 2.45) is 5.73 Å². The summed E-state index contributed by atoms with van der Waals surface area (Å²) in [6.45, 7) is 0. The first kappa shape index (κ1) is 12.6. The molecule has 1 aromatic rings. The van der Waals surface area contributed by atoms with Crippen molar-refractivity contribution in [2.45, 2.75) is 18.4 Å². The van der Waals surface area contributed by atoms with Gasteiger partial charge in [-0.1, -0.05) is 6.07 Å². The van der Waals surface area contributed by atoms with Gasteiger partial charge in [-0.2, -0.15) is 4.39 Å². The molecule has 13 heavy (non-hydrogen) atoms. The van der Waals surface area contributed by atoms with Crippen LogP contribution >= 0.6 is 24.8 Å². The summed E-state index contributed by atoms with van der Waals surface area (Å²) in [5, 5.41) is 0. The molecule has 1 fully saturated rings. The Morgan fingerprint density at radius 1 is 1.31 bits per heavy atom. The van der Waals surface area contributed by atoms with E-state index in [0.29, 0.717) is 0 Å². The number of hydrogen-bond donors (Lipinski definition) is 1. The number of nitrogens with two attached hydrogens (primary N) is 1. The van der Waals surface area contributed by atoms with Crippen LogP contribution in [0.3, 0.4) is 0 Å². The van der Waals surface area contributed by atoms with Crippen LogP contribution in [0, 0.1) is 5.95 Å². The highest BCUT2D eigenvalue weighted by atomic mass is 35.5. The summed E-state index contributed by atoms with van der Waals surface area (Å²) in [5.41, 5.74) is 6.61. The zero-order chi connectivity index (χ0) is 7.90. The van der Waals surface area contributed by atoms with Crippen LogP contribution in [-0.4, -0.2) is 4.98 Å². The molecule has 1 aliphatic rings. The van der Waals surface area contributed by atoms with Gasteiger partial charge in [0.15, 0.2) is 0 Å². The summed E-state index contributed by atoms with van der Waals surface area (Å²) in [5.74, 6) is -0.446. The summed E-state index contributed by atoms with van der Waals surface area (Å²) >= 11 is 0. The normalized spacial score (nSPS) is 16.8. The van der Waals surface area contributed by atoms with Gasteiger partial charge in [0.1, 0.15) is 0 Å². The Hall–Kier alpha value is -0.380. The maximum Gasteiger partial charge on any atom is 0.212 e. The van der Waals surface area contributed by atoms with Gasteiger partial charge in [0.05, 0.1) is 0 Å². The SMILES string of the molecule is Cl.Cl.NC1(c2ccc(F)nc2)CC1. The second-order valence-electron chi connectivity index (χ2n) is 3.03. The van der Waals surface area contributed by atoms with E-state index in [0.717, 1.165) is 18.4 Å². The fourth-order valence-electron chi connectivity index (χ4n) is 1.09. The smallest absolute Gasteiger partial charge is 0.212 e. The molecule has 1 aromatic heterocycles. The molecule has 0 aliphatic heterocycles. The van der Waals surface area contributed by atoms with Crippen molar-refractivity contribution in [3.63, 3.8) is 0 Å². The van der Waals surface area contributed by atoms with Crippen molar-refractivity contribution in [2.75, 3.05) is 0 Å². The number of hydrogen-bond acceptors (Lipinski definition) is 2. The van der Waals surface area contributed by atoms with Crippen LogP contribution in [-0.2, 0) is 5.54 Å². The first-order valence-corrected chi connectivity index (χ1v) is 3.62. The van der Waals surface area contributed by atoms with Crippen LogP contribution in [0.25, 0.3) is 0 Å². The third-order valence-corrected chi connectivity index (χ3v) is 2.09. The first-order valence-electron chi connectivity index (χ1n) is 3.62. The van der Waals surface area contributed by atoms with Crippen LogP contribution in [0.5, 0.6) is 0 Å². The molecule has 5 heteroatoms. The van der Waals surface area contributed by atoms with Crippen LogP contribution in [0.15, 0.2) is 18.3 Å². The molecule has 0 saturated heterocycles. The van der Waals surface area contributed by atoms with E-state index >= 15 is 0 Å². The lowest BCUT2D eigenvalue weighted by molar-refractivity contribution is 0.579. The molecule has 1 saturated carbocycles. The minimum absolute atomic E-state index is 0. The molecule has 0 aromatic carbocycles. The van der Waals surface area contributed by atoms with E-state index in [1.807, 2.05) is 0 Å². The number of pyridine rings is 1. The Bertz CT molecular complexity index is 272. The molecule has 0 amide bonds. The fourth-order valence-corrected chi connectivity index (χ4v) is 1.09. The highest BCUT2D eigenvalue weighted by Gasteiger charge is 2.40. The predicted octanol–water partition coefficient (Wildman–Crippen LogP) is 2.01. The molecule has 2 N–H and O–H groups in total. The maximum absolute atomic E-state index is 12.3. The van der Waals surface area contributed by atoms with Gasteiger partial charge in [-0.15, -0.1) is 24.8 Å². The number of rotatable bonds is 1. The monoisotopic (exact) mass is 224 g/mol. The van der Waals surface area contributed by atoms with Gasteiger partial charge in [-0.25, -0.2) is 4.98 Å². The van der Waals surface area contributed by atoms with E-state index in [9.17, 15) is 4.39 Å². The second kappa shape index (κ2) is 4.22. The van der Waals surface area contributed by atoms with E-state index in [-0.39, 0.29) is 30.4 Å². The van der Waals surface area contributed by atoms with Gasteiger partial charge in [0.2, 0.25) is 5.95 Å². The Labute approximate surface area is 88.6 Å². The van der Waals surface area contributed by atoms with Crippen LogP contribution in [0.4, 0.5) is 4.39 Å². The van der Waals surface area contributed by atoms with Gasteiger partial charge in [-0.05, 0) is 24.5 Å². The standard InChI is InChI=1S/C8H9FN2.2ClH/c9-7-2-1-6(5-11-7)8(10)3-4-8;;/h1-2,5H,3-4,10H2;2*1H. The predicted molar refractivity (Wildman–Crippen MR) is 53.8 cm³/mol. The third-order valence-electron chi connectivity index (χ3n) is 2.09. The molecule has 0 atom stereocenters. The van der Waals surface area contributed by atoms with E-state index in [1.165, 1.54) is 12.3 Å². The van der Waals surface area contributed by atoms with Crippen molar-refractivity contribution >= 4 is 24.8 Å². The maximum atomic E-state index is 12.3. The van der Waals surface area contributed by atoms with Crippen LogP contribution in [0.2, 0.25) is 0 Å². The van der Waals surface area contributed by atoms with Crippen LogP contribution in [0.1, 0.15) is 18.4 Å². The molecule has 74 valence electrons. The zero-order valence-electron chi connectivity index (χ0n) is 6.87. The first-order chi connectivity index (χ1) is 5.21. The average Bonchev–Trinajstić information content (AvgIpc) is 2.70. The Morgan fingerprint density at radius 3 is 2.31 bits per heavy atom. The summed E-state index contributed by atoms with van der Waals surface area (Å²) < 4.78 is 12.3. The molecule has 0 bridgehead atoms. The molecule has 0 spiro atoms. The number of halogens is 3. The lowest BCUT2D eigenvalue weighted by Crippen LogP contribution is -2.18. The van der Waals surface area contributed by atoms with Gasteiger partial charge in [0.25, 0.3) is 0 Å². The molecular weight excluding hydrogens is 214 g/mol. The lowest BCUT2D eigenvalue weighted by atomic mass is 10.1. The molecular formula is C8H11Cl2FN2. The van der Waals surface area contributed by atoms with Crippen molar-refractivity contribution in [1.29, 1.82) is 0 Å². The van der Waals surface area contributed by atoms with Crippen molar-refractivity contribution in [3.8, 4) is 0 Å². The Morgan fingerprint density at radius 2 is 1.92 bits per heavy atom. The van der Waals surface area contributed by atoms with Crippen molar-refractivity contribution < 1.29 is 4.39 Å². The number of nitrogens with zero attached hydrogens (tertiary/aromatic N) is 1. The molecule has 2 nitrogen and oxygen atoms in total. The summed E-state index contributed by atoms with van der Waals surface area (Å²) in [6.07, 6.45) is 3.49. The average molecular weight is 225 g/mol. The summed E-state index contributed by atoms with van der Waals surface area (Å²) in [7, 11) is 0. The molecule has 1 aliphatic carbocycles. The summed E-state index contributed by atoms with van der Waals surface area (Å²) in [6, 6.07) is 3.05. The quantitative estimate of drug-likeness (QED) is 0.742. The van der Waals surface area contributed by atoms with Crippen LogP contribution < -0.4 is 5.73 Å². The topological polar surface area (TPSA) is 38.9 Å². The molecule has 2 rings (SSSR count). The zero-order valence-corrected chi connectivity index (χ0v) is 8.50. The lowest BCUT2D eigenvalue weighted by Gasteiger charge is -2.06. The Kier molecular flexibility index (Phi) is 4.10.